The van der Waals surface area contributed by atoms with Crippen molar-refractivity contribution in [1.29, 1.82) is 0 Å². The fourth-order valence-corrected chi connectivity index (χ4v) is 3.85. The van der Waals surface area contributed by atoms with Crippen molar-refractivity contribution in [2.24, 2.45) is 0 Å². The number of hydrogen-bond donors (Lipinski definition) is 2. The number of halogens is 2. The molecule has 0 fully saturated rings. The predicted molar refractivity (Wildman–Crippen MR) is 120 cm³/mol. The lowest BCUT2D eigenvalue weighted by atomic mass is 9.95. The van der Waals surface area contributed by atoms with E-state index in [2.05, 4.69) is 10.6 Å². The number of methoxy groups -OCH3 is 2. The lowest BCUT2D eigenvalue weighted by molar-refractivity contribution is -0.136. The molecule has 0 unspecified atom stereocenters. The van der Waals surface area contributed by atoms with Crippen molar-refractivity contribution >= 4 is 46.5 Å². The number of allylic oxidation sites excluding steroid dienone is 1. The van der Waals surface area contributed by atoms with Gasteiger partial charge < -0.3 is 24.8 Å². The highest BCUT2D eigenvalue weighted by atomic mass is 35.5. The van der Waals surface area contributed by atoms with Crippen LogP contribution in [0.1, 0.15) is 24.1 Å². The van der Waals surface area contributed by atoms with Gasteiger partial charge >= 0.3 is 5.97 Å². The smallest absolute Gasteiger partial charge is 0.337 e. The van der Waals surface area contributed by atoms with E-state index in [0.29, 0.717) is 43.5 Å². The maximum atomic E-state index is 12.4. The molecule has 1 aliphatic rings. The van der Waals surface area contributed by atoms with Crippen LogP contribution in [0.25, 0.3) is 0 Å². The summed E-state index contributed by atoms with van der Waals surface area (Å²) in [5.41, 5.74) is 2.39. The summed E-state index contributed by atoms with van der Waals surface area (Å²) in [7, 11) is 2.85. The van der Waals surface area contributed by atoms with Crippen LogP contribution in [0, 0.1) is 0 Å². The molecule has 9 heteroatoms. The largest absolute Gasteiger partial charge is 0.493 e. The van der Waals surface area contributed by atoms with Crippen LogP contribution in [-0.4, -0.2) is 25.3 Å². The van der Waals surface area contributed by atoms with Crippen LogP contribution in [0.5, 0.6) is 11.5 Å². The summed E-state index contributed by atoms with van der Waals surface area (Å²) in [5, 5.41) is 7.36. The van der Waals surface area contributed by atoms with Crippen LogP contribution in [0.2, 0.25) is 10.0 Å². The number of nitrogens with one attached hydrogen (secondary N) is 2. The highest BCUT2D eigenvalue weighted by Crippen LogP contribution is 2.40. The monoisotopic (exact) mass is 466 g/mol. The van der Waals surface area contributed by atoms with Gasteiger partial charge in [0, 0.05) is 27.9 Å². The van der Waals surface area contributed by atoms with E-state index in [1.165, 1.54) is 14.2 Å². The number of ether oxygens (including phenoxy) is 3. The van der Waals surface area contributed by atoms with Gasteiger partial charge in [-0.15, -0.1) is 0 Å². The van der Waals surface area contributed by atoms with Crippen LogP contribution < -0.4 is 20.1 Å². The fourth-order valence-electron chi connectivity index (χ4n) is 3.12. The summed E-state index contributed by atoms with van der Waals surface area (Å²) in [6.07, 6.45) is 0. The zero-order valence-electron chi connectivity index (χ0n) is 16.5. The second-order valence-corrected chi connectivity index (χ2v) is 7.69. The zero-order chi connectivity index (χ0) is 21.8. The van der Waals surface area contributed by atoms with Crippen molar-refractivity contribution in [2.75, 3.05) is 14.2 Å². The van der Waals surface area contributed by atoms with Crippen LogP contribution in [0.15, 0.2) is 47.7 Å². The summed E-state index contributed by atoms with van der Waals surface area (Å²) < 4.78 is 16.3. The third-order valence-corrected chi connectivity index (χ3v) is 5.53. The molecule has 0 saturated heterocycles. The van der Waals surface area contributed by atoms with Gasteiger partial charge in [0.1, 0.15) is 6.61 Å². The fraction of sp³-hybridized carbons (Fsp3) is 0.238. The number of carbonyl (C=O) groups is 1. The Bertz CT molecular complexity index is 1030. The molecule has 0 aliphatic carbocycles. The molecule has 158 valence electrons. The quantitative estimate of drug-likeness (QED) is 0.477. The standard InChI is InChI=1S/C21H20Cl2N2O4S/c1-11-18(20(26)28-3)19(25-21(30)24-11)13-8-16(27-2)17(9-15(13)23)29-10-12-6-4-5-7-14(12)22/h4-9,19H,10H2,1-3H3,(H2,24,25,30)/t19-/m1/s1. The van der Waals surface area contributed by atoms with Gasteiger partial charge in [0.15, 0.2) is 16.6 Å². The first-order valence-electron chi connectivity index (χ1n) is 8.96. The van der Waals surface area contributed by atoms with Crippen LogP contribution in [0.4, 0.5) is 0 Å². The summed E-state index contributed by atoms with van der Waals surface area (Å²) in [6.45, 7) is 1.99. The number of esters is 1. The molecule has 30 heavy (non-hydrogen) atoms. The number of carbonyl (C=O) groups excluding carboxylic acids is 1. The lowest BCUT2D eigenvalue weighted by Crippen LogP contribution is -2.45. The van der Waals surface area contributed by atoms with Crippen molar-refractivity contribution in [1.82, 2.24) is 10.6 Å². The van der Waals surface area contributed by atoms with Crippen molar-refractivity contribution in [3.05, 3.63) is 68.8 Å². The number of rotatable bonds is 6. The average molecular weight is 467 g/mol. The Morgan fingerprint density at radius 3 is 2.53 bits per heavy atom. The normalized spacial score (nSPS) is 15.9. The molecule has 2 aromatic carbocycles. The van der Waals surface area contributed by atoms with Crippen LogP contribution >= 0.6 is 35.4 Å². The zero-order valence-corrected chi connectivity index (χ0v) is 18.9. The van der Waals surface area contributed by atoms with E-state index >= 15 is 0 Å². The molecule has 0 spiro atoms. The summed E-state index contributed by atoms with van der Waals surface area (Å²) in [6, 6.07) is 10.2. The highest BCUT2D eigenvalue weighted by molar-refractivity contribution is 7.80. The second-order valence-electron chi connectivity index (χ2n) is 6.47. The maximum Gasteiger partial charge on any atom is 0.337 e. The molecule has 2 aromatic rings. The molecular weight excluding hydrogens is 447 g/mol. The van der Waals surface area contributed by atoms with Gasteiger partial charge in [0.05, 0.1) is 30.9 Å². The Morgan fingerprint density at radius 2 is 1.87 bits per heavy atom. The topological polar surface area (TPSA) is 68.8 Å². The first-order chi connectivity index (χ1) is 14.3. The Morgan fingerprint density at radius 1 is 1.13 bits per heavy atom. The molecule has 6 nitrogen and oxygen atoms in total. The summed E-state index contributed by atoms with van der Waals surface area (Å²) in [5.74, 6) is 0.409. The first-order valence-corrected chi connectivity index (χ1v) is 10.1. The van der Waals surface area contributed by atoms with E-state index in [1.54, 1.807) is 25.1 Å². The average Bonchev–Trinajstić information content (AvgIpc) is 2.72. The molecule has 1 atom stereocenters. The van der Waals surface area contributed by atoms with Gasteiger partial charge in [-0.2, -0.15) is 0 Å². The Hall–Kier alpha value is -2.48. The second kappa shape index (κ2) is 9.55. The van der Waals surface area contributed by atoms with Gasteiger partial charge in [-0.25, -0.2) is 4.79 Å². The van der Waals surface area contributed by atoms with E-state index in [9.17, 15) is 4.79 Å². The third-order valence-electron chi connectivity index (χ3n) is 4.61. The lowest BCUT2D eigenvalue weighted by Gasteiger charge is -2.30. The Kier molecular flexibility index (Phi) is 7.07. The van der Waals surface area contributed by atoms with Gasteiger partial charge in [0.25, 0.3) is 0 Å². The third kappa shape index (κ3) is 4.64. The summed E-state index contributed by atoms with van der Waals surface area (Å²) in [4.78, 5) is 12.4. The van der Waals surface area contributed by atoms with E-state index < -0.39 is 12.0 Å². The number of hydrogen-bond acceptors (Lipinski definition) is 5. The van der Waals surface area contributed by atoms with Crippen molar-refractivity contribution < 1.29 is 19.0 Å². The van der Waals surface area contributed by atoms with Crippen molar-refractivity contribution in [3.63, 3.8) is 0 Å². The Labute approximate surface area is 190 Å². The molecule has 0 bridgehead atoms. The molecule has 1 aliphatic heterocycles. The molecule has 1 heterocycles. The maximum absolute atomic E-state index is 12.4. The minimum absolute atomic E-state index is 0.244. The van der Waals surface area contributed by atoms with Crippen molar-refractivity contribution in [2.45, 2.75) is 19.6 Å². The SMILES string of the molecule is COC(=O)C1=C(C)NC(=S)N[C@@H]1c1cc(OC)c(OCc2ccccc2Cl)cc1Cl. The van der Waals surface area contributed by atoms with E-state index in [4.69, 9.17) is 49.6 Å². The van der Waals surface area contributed by atoms with Crippen LogP contribution in [-0.2, 0) is 16.1 Å². The molecule has 0 amide bonds. The van der Waals surface area contributed by atoms with E-state index in [0.717, 1.165) is 5.56 Å². The number of thiocarbonyl (C=S) groups is 1. The van der Waals surface area contributed by atoms with E-state index in [1.807, 2.05) is 18.2 Å². The molecular formula is C21H20Cl2N2O4S. The Balaban J connectivity index is 1.96. The molecule has 0 aromatic heterocycles. The van der Waals surface area contributed by atoms with Gasteiger partial charge in [-0.3, -0.25) is 0 Å². The number of benzene rings is 2. The predicted octanol–water partition coefficient (Wildman–Crippen LogP) is 4.55. The van der Waals surface area contributed by atoms with Gasteiger partial charge in [0.2, 0.25) is 0 Å². The molecule has 2 N–H and O–H groups in total. The summed E-state index contributed by atoms with van der Waals surface area (Å²) >= 11 is 18.0. The van der Waals surface area contributed by atoms with E-state index in [-0.39, 0.29) is 6.61 Å². The molecule has 0 saturated carbocycles. The minimum atomic E-state index is -0.606. The van der Waals surface area contributed by atoms with Crippen LogP contribution in [0.3, 0.4) is 0 Å². The van der Waals surface area contributed by atoms with Crippen molar-refractivity contribution in [3.8, 4) is 11.5 Å². The molecule has 3 rings (SSSR count). The minimum Gasteiger partial charge on any atom is -0.493 e. The van der Waals surface area contributed by atoms with Gasteiger partial charge in [-0.1, -0.05) is 41.4 Å². The first kappa shape index (κ1) is 22.2. The van der Waals surface area contributed by atoms with Gasteiger partial charge in [-0.05, 0) is 31.3 Å². The molecule has 0 radical (unpaired) electrons. The highest BCUT2D eigenvalue weighted by Gasteiger charge is 2.32.